The Kier molecular flexibility index (Phi) is 5.39. The van der Waals surface area contributed by atoms with Crippen molar-refractivity contribution in [3.8, 4) is 0 Å². The number of nitrogens with one attached hydrogen (secondary N) is 1. The molecule has 1 aliphatic rings. The van der Waals surface area contributed by atoms with Gasteiger partial charge in [0.1, 0.15) is 17.8 Å². The van der Waals surface area contributed by atoms with Crippen LogP contribution in [0.4, 0.5) is 4.79 Å². The first-order valence-corrected chi connectivity index (χ1v) is 8.22. The third-order valence-corrected chi connectivity index (χ3v) is 4.16. The minimum Gasteiger partial charge on any atom is -0.481 e. The summed E-state index contributed by atoms with van der Waals surface area (Å²) < 4.78 is 5.06. The molecule has 4 N–H and O–H groups in total. The first-order chi connectivity index (χ1) is 11.5. The van der Waals surface area contributed by atoms with E-state index in [0.29, 0.717) is 24.0 Å². The van der Waals surface area contributed by atoms with E-state index < -0.39 is 35.3 Å². The van der Waals surface area contributed by atoms with Crippen molar-refractivity contribution in [2.45, 2.75) is 56.8 Å². The molecular formula is C18H25NO6. The summed E-state index contributed by atoms with van der Waals surface area (Å²) in [5.74, 6) is -0.883. The monoisotopic (exact) mass is 351 g/mol. The van der Waals surface area contributed by atoms with Crippen molar-refractivity contribution in [2.75, 3.05) is 6.54 Å². The zero-order valence-corrected chi connectivity index (χ0v) is 14.7. The molecule has 0 aromatic heterocycles. The van der Waals surface area contributed by atoms with Gasteiger partial charge in [-0.05, 0) is 44.7 Å². The lowest BCUT2D eigenvalue weighted by atomic mass is 9.92. The van der Waals surface area contributed by atoms with E-state index in [1.165, 1.54) is 0 Å². The molecule has 1 amide bonds. The Balaban J connectivity index is 1.99. The normalized spacial score (nSPS) is 18.1. The lowest BCUT2D eigenvalue weighted by Crippen LogP contribution is -2.38. The second-order valence-corrected chi connectivity index (χ2v) is 7.41. The number of carboxylic acids is 1. The third-order valence-electron chi connectivity index (χ3n) is 4.16. The molecule has 1 fully saturated rings. The summed E-state index contributed by atoms with van der Waals surface area (Å²) in [6, 6.07) is 6.58. The SMILES string of the molecule is CC(C)(C)OC(=O)NCC(O)C(O)c1cccc(C2(C(=O)O)CC2)c1. The molecule has 1 aromatic carbocycles. The van der Waals surface area contributed by atoms with Gasteiger partial charge < -0.3 is 25.4 Å². The molecule has 0 bridgehead atoms. The quantitative estimate of drug-likeness (QED) is 0.620. The maximum Gasteiger partial charge on any atom is 0.407 e. The summed E-state index contributed by atoms with van der Waals surface area (Å²) in [6.45, 7) is 4.98. The number of rotatable bonds is 6. The second kappa shape index (κ2) is 7.01. The number of carbonyl (C=O) groups is 2. The fourth-order valence-electron chi connectivity index (χ4n) is 2.61. The molecule has 25 heavy (non-hydrogen) atoms. The van der Waals surface area contributed by atoms with Crippen molar-refractivity contribution in [3.05, 3.63) is 35.4 Å². The summed E-state index contributed by atoms with van der Waals surface area (Å²) in [5, 5.41) is 32.2. The average molecular weight is 351 g/mol. The van der Waals surface area contributed by atoms with Crippen LogP contribution < -0.4 is 5.32 Å². The van der Waals surface area contributed by atoms with Crippen molar-refractivity contribution in [3.63, 3.8) is 0 Å². The van der Waals surface area contributed by atoms with E-state index in [0.717, 1.165) is 0 Å². The fraction of sp³-hybridized carbons (Fsp3) is 0.556. The van der Waals surface area contributed by atoms with Gasteiger partial charge in [0.25, 0.3) is 0 Å². The highest BCUT2D eigenvalue weighted by Gasteiger charge is 2.51. The number of hydrogen-bond donors (Lipinski definition) is 4. The van der Waals surface area contributed by atoms with Gasteiger partial charge in [0.05, 0.1) is 5.41 Å². The fourth-order valence-corrected chi connectivity index (χ4v) is 2.61. The van der Waals surface area contributed by atoms with Crippen LogP contribution in [0.2, 0.25) is 0 Å². The van der Waals surface area contributed by atoms with Crippen molar-refractivity contribution in [2.24, 2.45) is 0 Å². The molecule has 0 saturated heterocycles. The minimum absolute atomic E-state index is 0.190. The molecule has 7 nitrogen and oxygen atoms in total. The van der Waals surface area contributed by atoms with Crippen LogP contribution in [0, 0.1) is 0 Å². The summed E-state index contributed by atoms with van der Waals surface area (Å²) in [4.78, 5) is 23.0. The Labute approximate surface area is 146 Å². The van der Waals surface area contributed by atoms with Crippen LogP contribution in [0.25, 0.3) is 0 Å². The molecule has 1 aliphatic carbocycles. The Bertz CT molecular complexity index is 647. The summed E-state index contributed by atoms with van der Waals surface area (Å²) in [6.07, 6.45) is -2.06. The van der Waals surface area contributed by atoms with Crippen LogP contribution in [-0.2, 0) is 14.9 Å². The second-order valence-electron chi connectivity index (χ2n) is 7.41. The van der Waals surface area contributed by atoms with Gasteiger partial charge in [-0.25, -0.2) is 4.79 Å². The largest absolute Gasteiger partial charge is 0.481 e. The number of aliphatic carboxylic acids is 1. The van der Waals surface area contributed by atoms with Gasteiger partial charge >= 0.3 is 12.1 Å². The zero-order chi connectivity index (χ0) is 18.8. The van der Waals surface area contributed by atoms with Crippen LogP contribution in [0.1, 0.15) is 50.8 Å². The van der Waals surface area contributed by atoms with Gasteiger partial charge in [-0.3, -0.25) is 4.79 Å². The lowest BCUT2D eigenvalue weighted by Gasteiger charge is -2.22. The minimum atomic E-state index is -1.25. The van der Waals surface area contributed by atoms with Crippen LogP contribution in [0.5, 0.6) is 0 Å². The van der Waals surface area contributed by atoms with E-state index >= 15 is 0 Å². The number of carboxylic acid groups (broad SMARTS) is 1. The lowest BCUT2D eigenvalue weighted by molar-refractivity contribution is -0.140. The van der Waals surface area contributed by atoms with Crippen molar-refractivity contribution in [1.29, 1.82) is 0 Å². The number of aliphatic hydroxyl groups excluding tert-OH is 2. The molecule has 0 aliphatic heterocycles. The molecule has 7 heteroatoms. The maximum absolute atomic E-state index is 11.6. The maximum atomic E-state index is 11.6. The third kappa shape index (κ3) is 4.70. The highest BCUT2D eigenvalue weighted by Crippen LogP contribution is 2.48. The Morgan fingerprint density at radius 2 is 1.92 bits per heavy atom. The van der Waals surface area contributed by atoms with Crippen LogP contribution in [-0.4, -0.2) is 45.6 Å². The molecule has 1 aromatic rings. The van der Waals surface area contributed by atoms with E-state index in [1.54, 1.807) is 45.0 Å². The molecule has 2 atom stereocenters. The van der Waals surface area contributed by atoms with Gasteiger partial charge in [0.15, 0.2) is 0 Å². The topological polar surface area (TPSA) is 116 Å². The molecular weight excluding hydrogens is 326 g/mol. The van der Waals surface area contributed by atoms with Crippen molar-refractivity contribution in [1.82, 2.24) is 5.32 Å². The highest BCUT2D eigenvalue weighted by atomic mass is 16.6. The molecule has 1 saturated carbocycles. The molecule has 2 rings (SSSR count). The van der Waals surface area contributed by atoms with Gasteiger partial charge in [0.2, 0.25) is 0 Å². The van der Waals surface area contributed by atoms with Crippen LogP contribution in [0.3, 0.4) is 0 Å². The van der Waals surface area contributed by atoms with Gasteiger partial charge in [-0.2, -0.15) is 0 Å². The Morgan fingerprint density at radius 1 is 1.28 bits per heavy atom. The number of aliphatic hydroxyl groups is 2. The number of benzene rings is 1. The van der Waals surface area contributed by atoms with E-state index in [-0.39, 0.29) is 6.54 Å². The van der Waals surface area contributed by atoms with E-state index in [4.69, 9.17) is 4.74 Å². The first-order valence-electron chi connectivity index (χ1n) is 8.22. The molecule has 0 spiro atoms. The Hall–Kier alpha value is -2.12. The first kappa shape index (κ1) is 19.2. The van der Waals surface area contributed by atoms with Gasteiger partial charge in [0, 0.05) is 6.54 Å². The number of carbonyl (C=O) groups excluding carboxylic acids is 1. The van der Waals surface area contributed by atoms with Crippen LogP contribution >= 0.6 is 0 Å². The van der Waals surface area contributed by atoms with Crippen molar-refractivity contribution < 1.29 is 29.6 Å². The Morgan fingerprint density at radius 3 is 2.44 bits per heavy atom. The highest BCUT2D eigenvalue weighted by molar-refractivity contribution is 5.84. The predicted octanol–water partition coefficient (Wildman–Crippen LogP) is 1.72. The number of alkyl carbamates (subject to hydrolysis) is 1. The smallest absolute Gasteiger partial charge is 0.407 e. The van der Waals surface area contributed by atoms with Gasteiger partial charge in [-0.1, -0.05) is 24.3 Å². The number of amides is 1. The van der Waals surface area contributed by atoms with E-state index in [1.807, 2.05) is 0 Å². The molecule has 0 heterocycles. The van der Waals surface area contributed by atoms with E-state index in [9.17, 15) is 24.9 Å². The molecule has 138 valence electrons. The number of ether oxygens (including phenoxy) is 1. The van der Waals surface area contributed by atoms with E-state index in [2.05, 4.69) is 5.32 Å². The van der Waals surface area contributed by atoms with Crippen LogP contribution in [0.15, 0.2) is 24.3 Å². The molecule has 0 radical (unpaired) electrons. The van der Waals surface area contributed by atoms with Gasteiger partial charge in [-0.15, -0.1) is 0 Å². The molecule has 2 unspecified atom stereocenters. The number of hydrogen-bond acceptors (Lipinski definition) is 5. The summed E-state index contributed by atoms with van der Waals surface area (Å²) >= 11 is 0. The summed E-state index contributed by atoms with van der Waals surface area (Å²) in [5.41, 5.74) is -0.514. The van der Waals surface area contributed by atoms with Crippen molar-refractivity contribution >= 4 is 12.1 Å². The average Bonchev–Trinajstić information content (AvgIpc) is 3.32. The summed E-state index contributed by atoms with van der Waals surface area (Å²) in [7, 11) is 0. The zero-order valence-electron chi connectivity index (χ0n) is 14.7. The standard InChI is InChI=1S/C18H25NO6/c1-17(2,3)25-16(24)19-10-13(20)14(21)11-5-4-6-12(9-11)18(7-8-18)15(22)23/h4-6,9,13-14,20-21H,7-8,10H2,1-3H3,(H,19,24)(H,22,23). The predicted molar refractivity (Wildman–Crippen MR) is 90.2 cm³/mol.